The Balaban J connectivity index is 2.47. The van der Waals surface area contributed by atoms with Crippen molar-refractivity contribution in [2.45, 2.75) is 6.92 Å². The molecule has 0 fully saturated rings. The van der Waals surface area contributed by atoms with E-state index in [4.69, 9.17) is 0 Å². The minimum atomic E-state index is -0.283. The van der Waals surface area contributed by atoms with Crippen molar-refractivity contribution in [2.24, 2.45) is 0 Å². The van der Waals surface area contributed by atoms with E-state index in [1.807, 2.05) is 0 Å². The maximum Gasteiger partial charge on any atom is 0.250 e. The first-order valence-electron chi connectivity index (χ1n) is 5.40. The summed E-state index contributed by atoms with van der Waals surface area (Å²) in [5.74, 6) is -0.149. The molecular formula is C14H13NO3. The lowest BCUT2D eigenvalue weighted by molar-refractivity contribution is -0.112. The zero-order valence-corrected chi connectivity index (χ0v) is 9.90. The van der Waals surface area contributed by atoms with Crippen molar-refractivity contribution in [1.29, 1.82) is 0 Å². The number of phenolic OH excluding ortho intramolecular Hbond substituents is 2. The molecule has 4 nitrogen and oxygen atoms in total. The van der Waals surface area contributed by atoms with E-state index in [1.54, 1.807) is 25.1 Å². The highest BCUT2D eigenvalue weighted by molar-refractivity contribution is 6.04. The van der Waals surface area contributed by atoms with E-state index >= 15 is 0 Å². The maximum absolute atomic E-state index is 11.5. The third kappa shape index (κ3) is 2.13. The van der Waals surface area contributed by atoms with Gasteiger partial charge in [0.15, 0.2) is 0 Å². The van der Waals surface area contributed by atoms with Gasteiger partial charge < -0.3 is 15.5 Å². The number of hydrogen-bond acceptors (Lipinski definition) is 3. The van der Waals surface area contributed by atoms with Crippen molar-refractivity contribution in [2.75, 3.05) is 5.32 Å². The largest absolute Gasteiger partial charge is 0.507 e. The van der Waals surface area contributed by atoms with Gasteiger partial charge >= 0.3 is 0 Å². The van der Waals surface area contributed by atoms with Crippen LogP contribution in [-0.4, -0.2) is 16.1 Å². The summed E-state index contributed by atoms with van der Waals surface area (Å²) in [6.07, 6.45) is 0. The molecule has 2 rings (SSSR count). The molecule has 2 aromatic rings. The maximum atomic E-state index is 11.5. The Morgan fingerprint density at radius 3 is 2.33 bits per heavy atom. The number of carbonyl (C=O) groups excluding carboxylic acids is 1. The van der Waals surface area contributed by atoms with Crippen molar-refractivity contribution in [3.63, 3.8) is 0 Å². The molecule has 0 radical (unpaired) electrons. The molecule has 18 heavy (non-hydrogen) atoms. The Kier molecular flexibility index (Phi) is 2.93. The number of hydrogen-bond donors (Lipinski definition) is 3. The van der Waals surface area contributed by atoms with E-state index in [-0.39, 0.29) is 17.4 Å². The Labute approximate surface area is 104 Å². The predicted octanol–water partition coefficient (Wildman–Crippen LogP) is 2.77. The normalized spacial score (nSPS) is 10.3. The number of nitrogens with one attached hydrogen (secondary N) is 1. The molecule has 0 saturated heterocycles. The van der Waals surface area contributed by atoms with Gasteiger partial charge in [-0.2, -0.15) is 0 Å². The Bertz CT molecular complexity index is 647. The molecule has 0 aliphatic rings. The van der Waals surface area contributed by atoms with Gasteiger partial charge in [0.2, 0.25) is 0 Å². The summed E-state index contributed by atoms with van der Waals surface area (Å²) in [5, 5.41) is 23.0. The number of anilines is 1. The summed E-state index contributed by atoms with van der Waals surface area (Å²) in [7, 11) is 0. The molecule has 0 atom stereocenters. The van der Waals surface area contributed by atoms with E-state index in [9.17, 15) is 15.0 Å². The second kappa shape index (κ2) is 4.41. The molecule has 0 unspecified atom stereocenters. The van der Waals surface area contributed by atoms with Crippen LogP contribution in [0.1, 0.15) is 6.92 Å². The molecule has 1 amide bonds. The Morgan fingerprint density at radius 1 is 1.11 bits per heavy atom. The zero-order valence-electron chi connectivity index (χ0n) is 9.90. The quantitative estimate of drug-likeness (QED) is 0.561. The van der Waals surface area contributed by atoms with Crippen LogP contribution in [0.5, 0.6) is 11.5 Å². The standard InChI is InChI=1S/C14H13NO3/c1-8(2)14(18)15-9-3-4-10-11(7-9)13(17)6-5-12(10)16/h3-7,16-17H,1H2,2H3,(H,15,18). The number of benzene rings is 2. The highest BCUT2D eigenvalue weighted by Crippen LogP contribution is 2.33. The molecule has 0 heterocycles. The van der Waals surface area contributed by atoms with E-state index in [2.05, 4.69) is 11.9 Å². The van der Waals surface area contributed by atoms with Crippen LogP contribution in [0.2, 0.25) is 0 Å². The van der Waals surface area contributed by atoms with Crippen LogP contribution in [0, 0.1) is 0 Å². The summed E-state index contributed by atoms with van der Waals surface area (Å²) < 4.78 is 0. The molecule has 2 aromatic carbocycles. The second-order valence-electron chi connectivity index (χ2n) is 4.10. The van der Waals surface area contributed by atoms with Crippen LogP contribution in [0.15, 0.2) is 42.5 Å². The number of phenols is 2. The van der Waals surface area contributed by atoms with Gasteiger partial charge in [0.05, 0.1) is 0 Å². The SMILES string of the molecule is C=C(C)C(=O)Nc1ccc2c(O)ccc(O)c2c1. The lowest BCUT2D eigenvalue weighted by atomic mass is 10.1. The molecule has 3 N–H and O–H groups in total. The van der Waals surface area contributed by atoms with E-state index < -0.39 is 0 Å². The van der Waals surface area contributed by atoms with Crippen LogP contribution in [0.25, 0.3) is 10.8 Å². The van der Waals surface area contributed by atoms with Gasteiger partial charge in [-0.05, 0) is 37.3 Å². The lowest BCUT2D eigenvalue weighted by Gasteiger charge is -2.08. The zero-order chi connectivity index (χ0) is 13.3. The van der Waals surface area contributed by atoms with Crippen LogP contribution in [0.3, 0.4) is 0 Å². The van der Waals surface area contributed by atoms with Crippen LogP contribution in [0.4, 0.5) is 5.69 Å². The molecule has 4 heteroatoms. The van der Waals surface area contributed by atoms with Crippen molar-refractivity contribution >= 4 is 22.4 Å². The summed E-state index contributed by atoms with van der Waals surface area (Å²) in [6, 6.07) is 7.72. The Morgan fingerprint density at radius 2 is 1.72 bits per heavy atom. The first-order valence-corrected chi connectivity index (χ1v) is 5.40. The highest BCUT2D eigenvalue weighted by Gasteiger charge is 2.07. The highest BCUT2D eigenvalue weighted by atomic mass is 16.3. The Hall–Kier alpha value is -2.49. The van der Waals surface area contributed by atoms with Crippen LogP contribution < -0.4 is 5.32 Å². The summed E-state index contributed by atoms with van der Waals surface area (Å²) in [4.78, 5) is 11.5. The molecule has 0 spiro atoms. The topological polar surface area (TPSA) is 69.6 Å². The minimum Gasteiger partial charge on any atom is -0.507 e. The molecule has 92 valence electrons. The molecule has 0 aliphatic carbocycles. The van der Waals surface area contributed by atoms with Gasteiger partial charge in [-0.1, -0.05) is 6.58 Å². The van der Waals surface area contributed by atoms with Crippen LogP contribution in [-0.2, 0) is 4.79 Å². The van der Waals surface area contributed by atoms with Gasteiger partial charge in [0.1, 0.15) is 11.5 Å². The van der Waals surface area contributed by atoms with Gasteiger partial charge in [0, 0.05) is 22.0 Å². The molecule has 0 bridgehead atoms. The van der Waals surface area contributed by atoms with Gasteiger partial charge in [-0.15, -0.1) is 0 Å². The average molecular weight is 243 g/mol. The first-order chi connectivity index (χ1) is 8.49. The molecule has 0 aromatic heterocycles. The summed E-state index contributed by atoms with van der Waals surface area (Å²) >= 11 is 0. The fourth-order valence-corrected chi connectivity index (χ4v) is 1.63. The lowest BCUT2D eigenvalue weighted by Crippen LogP contribution is -2.11. The molecular weight excluding hydrogens is 230 g/mol. The van der Waals surface area contributed by atoms with Crippen molar-refractivity contribution in [3.8, 4) is 11.5 Å². The van der Waals surface area contributed by atoms with E-state index in [0.29, 0.717) is 22.0 Å². The van der Waals surface area contributed by atoms with E-state index in [1.165, 1.54) is 12.1 Å². The number of aromatic hydroxyl groups is 2. The van der Waals surface area contributed by atoms with Crippen molar-refractivity contribution in [1.82, 2.24) is 0 Å². The fourth-order valence-electron chi connectivity index (χ4n) is 1.63. The third-order valence-electron chi connectivity index (χ3n) is 2.62. The monoisotopic (exact) mass is 243 g/mol. The first kappa shape index (κ1) is 12.0. The third-order valence-corrected chi connectivity index (χ3v) is 2.62. The van der Waals surface area contributed by atoms with Gasteiger partial charge in [-0.3, -0.25) is 4.79 Å². The van der Waals surface area contributed by atoms with Crippen molar-refractivity contribution < 1.29 is 15.0 Å². The fraction of sp³-hybridized carbons (Fsp3) is 0.0714. The molecule has 0 aliphatic heterocycles. The number of carbonyl (C=O) groups is 1. The summed E-state index contributed by atoms with van der Waals surface area (Å²) in [5.41, 5.74) is 0.937. The second-order valence-corrected chi connectivity index (χ2v) is 4.10. The van der Waals surface area contributed by atoms with Gasteiger partial charge in [-0.25, -0.2) is 0 Å². The van der Waals surface area contributed by atoms with E-state index in [0.717, 1.165) is 0 Å². The van der Waals surface area contributed by atoms with Crippen LogP contribution >= 0.6 is 0 Å². The molecule has 0 saturated carbocycles. The number of amides is 1. The van der Waals surface area contributed by atoms with Crippen molar-refractivity contribution in [3.05, 3.63) is 42.5 Å². The number of rotatable bonds is 2. The number of fused-ring (bicyclic) bond motifs is 1. The minimum absolute atomic E-state index is 0.0502. The van der Waals surface area contributed by atoms with Gasteiger partial charge in [0.25, 0.3) is 5.91 Å². The smallest absolute Gasteiger partial charge is 0.250 e. The summed E-state index contributed by atoms with van der Waals surface area (Å²) in [6.45, 7) is 5.15. The average Bonchev–Trinajstić information content (AvgIpc) is 2.34. The predicted molar refractivity (Wildman–Crippen MR) is 70.7 cm³/mol.